The quantitative estimate of drug-likeness (QED) is 0.338. The number of hydrogen-bond acceptors (Lipinski definition) is 5. The summed E-state index contributed by atoms with van der Waals surface area (Å²) in [5, 5.41) is 3.55. The molecule has 0 atom stereocenters. The van der Waals surface area contributed by atoms with Gasteiger partial charge in [-0.2, -0.15) is 8.78 Å². The van der Waals surface area contributed by atoms with Gasteiger partial charge in [-0.3, -0.25) is 9.59 Å². The number of piperidine rings is 1. The van der Waals surface area contributed by atoms with Crippen LogP contribution in [0.2, 0.25) is 0 Å². The van der Waals surface area contributed by atoms with E-state index in [4.69, 9.17) is 4.74 Å². The third kappa shape index (κ3) is 5.29. The zero-order valence-electron chi connectivity index (χ0n) is 20.6. The van der Waals surface area contributed by atoms with Crippen LogP contribution >= 0.6 is 0 Å². The first-order valence-corrected chi connectivity index (χ1v) is 12.2. The van der Waals surface area contributed by atoms with Gasteiger partial charge in [-0.25, -0.2) is 4.98 Å². The monoisotopic (exact) mass is 520 g/mol. The fourth-order valence-electron chi connectivity index (χ4n) is 4.80. The Morgan fingerprint density at radius 3 is 2.50 bits per heavy atom. The van der Waals surface area contributed by atoms with Crippen LogP contribution in [0, 0.1) is 0 Å². The van der Waals surface area contributed by atoms with Crippen LogP contribution in [-0.4, -0.2) is 53.5 Å². The molecular weight excluding hydrogens is 494 g/mol. The molecule has 0 unspecified atom stereocenters. The molecule has 196 valence electrons. The van der Waals surface area contributed by atoms with Crippen molar-refractivity contribution in [3.05, 3.63) is 83.8 Å². The molecule has 3 heterocycles. The lowest BCUT2D eigenvalue weighted by atomic mass is 9.89. The van der Waals surface area contributed by atoms with Gasteiger partial charge in [-0.1, -0.05) is 18.2 Å². The molecular formula is C28H26F2N4O4. The Bertz CT molecular complexity index is 1430. The molecule has 0 radical (unpaired) electrons. The van der Waals surface area contributed by atoms with E-state index in [1.165, 1.54) is 12.1 Å². The number of amides is 2. The summed E-state index contributed by atoms with van der Waals surface area (Å²) in [7, 11) is 1.60. The Balaban J connectivity index is 1.18. The molecule has 4 aromatic rings. The van der Waals surface area contributed by atoms with Gasteiger partial charge in [0.15, 0.2) is 0 Å². The number of aromatic amines is 1. The predicted molar refractivity (Wildman–Crippen MR) is 138 cm³/mol. The number of nitrogens with one attached hydrogen (secondary N) is 2. The van der Waals surface area contributed by atoms with Crippen LogP contribution in [0.25, 0.3) is 10.9 Å². The Morgan fingerprint density at radius 1 is 1.08 bits per heavy atom. The van der Waals surface area contributed by atoms with Gasteiger partial charge in [-0.15, -0.1) is 0 Å². The summed E-state index contributed by atoms with van der Waals surface area (Å²) >= 11 is 0. The number of carbonyl (C=O) groups excluding carboxylic acids is 2. The number of H-pyrrole nitrogens is 1. The summed E-state index contributed by atoms with van der Waals surface area (Å²) in [6, 6.07) is 15.8. The Labute approximate surface area is 217 Å². The van der Waals surface area contributed by atoms with E-state index >= 15 is 0 Å². The molecule has 1 aliphatic rings. The van der Waals surface area contributed by atoms with Crippen LogP contribution in [0.5, 0.6) is 11.5 Å². The first-order valence-electron chi connectivity index (χ1n) is 12.2. The molecule has 0 aliphatic carbocycles. The lowest BCUT2D eigenvalue weighted by Gasteiger charge is -2.32. The SMILES string of the molecule is COc1cccc2[nH]cc(C(=O)N3CCC(c4ccc(NC(=O)c5ccc(OC(F)F)cn5)cc4)CC3)c12. The zero-order chi connectivity index (χ0) is 26.6. The van der Waals surface area contributed by atoms with E-state index in [2.05, 4.69) is 20.0 Å². The molecule has 2 aromatic heterocycles. The normalized spacial score (nSPS) is 14.1. The molecule has 0 saturated carbocycles. The summed E-state index contributed by atoms with van der Waals surface area (Å²) in [4.78, 5) is 34.6. The van der Waals surface area contributed by atoms with E-state index in [-0.39, 0.29) is 17.4 Å². The average molecular weight is 521 g/mol. The Hall–Kier alpha value is -4.47. The van der Waals surface area contributed by atoms with Crippen molar-refractivity contribution in [2.45, 2.75) is 25.4 Å². The van der Waals surface area contributed by atoms with Crippen molar-refractivity contribution in [3.8, 4) is 11.5 Å². The standard InChI is InChI=1S/C28H26F2N4O4/c1-37-24-4-2-3-22-25(24)21(16-32-22)27(36)34-13-11-18(12-14-34)17-5-7-19(8-6-17)33-26(35)23-10-9-20(15-31-23)38-28(29)30/h2-10,15-16,18,28,32H,11-14H2,1H3,(H,33,35). The van der Waals surface area contributed by atoms with Crippen LogP contribution in [0.1, 0.15) is 45.2 Å². The second kappa shape index (κ2) is 10.9. The highest BCUT2D eigenvalue weighted by Gasteiger charge is 2.27. The molecule has 1 aliphatic heterocycles. The molecule has 2 amide bonds. The number of halogens is 2. The summed E-state index contributed by atoms with van der Waals surface area (Å²) in [6.45, 7) is -1.67. The van der Waals surface area contributed by atoms with Crippen molar-refractivity contribution >= 4 is 28.4 Å². The van der Waals surface area contributed by atoms with Crippen LogP contribution in [0.15, 0.2) is 67.0 Å². The highest BCUT2D eigenvalue weighted by atomic mass is 19.3. The maximum absolute atomic E-state index is 13.3. The second-order valence-electron chi connectivity index (χ2n) is 8.99. The maximum atomic E-state index is 13.3. The summed E-state index contributed by atoms with van der Waals surface area (Å²) in [5.41, 5.74) is 3.29. The van der Waals surface area contributed by atoms with Gasteiger partial charge in [0.1, 0.15) is 17.2 Å². The minimum absolute atomic E-state index is 0.0142. The number of likely N-dealkylation sites (tertiary alicyclic amines) is 1. The fourth-order valence-corrected chi connectivity index (χ4v) is 4.80. The van der Waals surface area contributed by atoms with Crippen LogP contribution in [0.3, 0.4) is 0 Å². The van der Waals surface area contributed by atoms with Gasteiger partial charge in [0.05, 0.1) is 24.3 Å². The number of rotatable bonds is 7. The molecule has 38 heavy (non-hydrogen) atoms. The van der Waals surface area contributed by atoms with E-state index in [1.807, 2.05) is 47.4 Å². The van der Waals surface area contributed by atoms with Gasteiger partial charge in [0.2, 0.25) is 0 Å². The van der Waals surface area contributed by atoms with Crippen molar-refractivity contribution < 1.29 is 27.8 Å². The lowest BCUT2D eigenvalue weighted by Crippen LogP contribution is -2.37. The number of aromatic nitrogens is 2. The van der Waals surface area contributed by atoms with E-state index in [0.29, 0.717) is 36.0 Å². The Kier molecular flexibility index (Phi) is 7.21. The highest BCUT2D eigenvalue weighted by molar-refractivity contribution is 6.09. The molecule has 0 spiro atoms. The molecule has 10 heteroatoms. The largest absolute Gasteiger partial charge is 0.496 e. The number of ether oxygens (including phenoxy) is 2. The van der Waals surface area contributed by atoms with Gasteiger partial charge >= 0.3 is 6.61 Å². The number of pyridine rings is 1. The number of anilines is 1. The topological polar surface area (TPSA) is 96.6 Å². The molecule has 2 N–H and O–H groups in total. The highest BCUT2D eigenvalue weighted by Crippen LogP contribution is 2.33. The van der Waals surface area contributed by atoms with Crippen LogP contribution in [-0.2, 0) is 0 Å². The van der Waals surface area contributed by atoms with Crippen molar-refractivity contribution in [1.29, 1.82) is 0 Å². The van der Waals surface area contributed by atoms with Gasteiger partial charge in [0, 0.05) is 30.5 Å². The second-order valence-corrected chi connectivity index (χ2v) is 8.99. The molecule has 0 bridgehead atoms. The predicted octanol–water partition coefficient (Wildman–Crippen LogP) is 5.45. The minimum atomic E-state index is -2.95. The van der Waals surface area contributed by atoms with E-state index < -0.39 is 12.5 Å². The number of nitrogens with zero attached hydrogens (tertiary/aromatic N) is 2. The number of fused-ring (bicyclic) bond motifs is 1. The number of methoxy groups -OCH3 is 1. The molecule has 8 nitrogen and oxygen atoms in total. The van der Waals surface area contributed by atoms with Gasteiger partial charge in [-0.05, 0) is 60.7 Å². The van der Waals surface area contributed by atoms with Crippen LogP contribution < -0.4 is 14.8 Å². The molecule has 1 fully saturated rings. The number of carbonyl (C=O) groups is 2. The number of alkyl halides is 2. The average Bonchev–Trinajstić information content (AvgIpc) is 3.38. The molecule has 1 saturated heterocycles. The smallest absolute Gasteiger partial charge is 0.387 e. The van der Waals surface area contributed by atoms with Crippen molar-refractivity contribution in [3.63, 3.8) is 0 Å². The van der Waals surface area contributed by atoms with Gasteiger partial charge in [0.25, 0.3) is 11.8 Å². The van der Waals surface area contributed by atoms with Crippen molar-refractivity contribution in [2.75, 3.05) is 25.5 Å². The number of benzene rings is 2. The maximum Gasteiger partial charge on any atom is 0.387 e. The van der Waals surface area contributed by atoms with Crippen molar-refractivity contribution in [2.24, 2.45) is 0 Å². The molecule has 2 aromatic carbocycles. The summed E-state index contributed by atoms with van der Waals surface area (Å²) < 4.78 is 34.3. The first kappa shape index (κ1) is 25.2. The van der Waals surface area contributed by atoms with E-state index in [0.717, 1.165) is 35.5 Å². The third-order valence-corrected chi connectivity index (χ3v) is 6.73. The Morgan fingerprint density at radius 2 is 1.84 bits per heavy atom. The number of hydrogen-bond donors (Lipinski definition) is 2. The lowest BCUT2D eigenvalue weighted by molar-refractivity contribution is -0.0500. The molecule has 5 rings (SSSR count). The zero-order valence-corrected chi connectivity index (χ0v) is 20.6. The third-order valence-electron chi connectivity index (χ3n) is 6.73. The van der Waals surface area contributed by atoms with E-state index in [9.17, 15) is 18.4 Å². The summed E-state index contributed by atoms with van der Waals surface area (Å²) in [6.07, 6.45) is 4.48. The van der Waals surface area contributed by atoms with Gasteiger partial charge < -0.3 is 24.7 Å². The van der Waals surface area contributed by atoms with Crippen LogP contribution in [0.4, 0.5) is 14.5 Å². The van der Waals surface area contributed by atoms with E-state index in [1.54, 1.807) is 13.3 Å². The minimum Gasteiger partial charge on any atom is -0.496 e. The fraction of sp³-hybridized carbons (Fsp3) is 0.250. The first-order chi connectivity index (χ1) is 18.4. The van der Waals surface area contributed by atoms with Crippen molar-refractivity contribution in [1.82, 2.24) is 14.9 Å². The summed E-state index contributed by atoms with van der Waals surface area (Å²) in [5.74, 6) is 0.379.